The van der Waals surface area contributed by atoms with E-state index < -0.39 is 79.2 Å². The summed E-state index contributed by atoms with van der Waals surface area (Å²) in [7, 11) is 0. The van der Waals surface area contributed by atoms with Gasteiger partial charge in [0.1, 0.15) is 76.7 Å². The van der Waals surface area contributed by atoms with Crippen LogP contribution >= 0.6 is 0 Å². The van der Waals surface area contributed by atoms with Gasteiger partial charge in [-0.3, -0.25) is 4.79 Å². The Morgan fingerprint density at radius 3 is 2.15 bits per heavy atom. The molecule has 10 atom stereocenters. The van der Waals surface area contributed by atoms with Gasteiger partial charge in [0, 0.05) is 23.8 Å². The highest BCUT2D eigenvalue weighted by atomic mass is 16.7. The average Bonchev–Trinajstić information content (AvgIpc) is 2.94. The van der Waals surface area contributed by atoms with Gasteiger partial charge in [0.15, 0.2) is 11.7 Å². The maximum Gasteiger partial charge on any atom is 0.229 e. The lowest BCUT2D eigenvalue weighted by molar-refractivity contribution is -0.318. The van der Waals surface area contributed by atoms with E-state index in [0.717, 1.165) is 6.07 Å². The third kappa shape index (κ3) is 5.74. The number of hydrogen-bond donors (Lipinski definition) is 8. The third-order valence-electron chi connectivity index (χ3n) is 7.09. The van der Waals surface area contributed by atoms with Crippen LogP contribution in [0.2, 0.25) is 0 Å². The Morgan fingerprint density at radius 2 is 1.44 bits per heavy atom. The molecule has 14 nitrogen and oxygen atoms in total. The van der Waals surface area contributed by atoms with Crippen molar-refractivity contribution in [3.63, 3.8) is 0 Å². The quantitative estimate of drug-likeness (QED) is 0.174. The van der Waals surface area contributed by atoms with Gasteiger partial charge in [-0.15, -0.1) is 0 Å². The number of phenolic OH excluding ortho intramolecular Hbond substituents is 2. The van der Waals surface area contributed by atoms with Crippen LogP contribution in [-0.4, -0.2) is 109 Å². The van der Waals surface area contributed by atoms with Gasteiger partial charge in [-0.25, -0.2) is 0 Å². The fourth-order valence-electron chi connectivity index (χ4n) is 4.71. The molecule has 0 saturated carbocycles. The van der Waals surface area contributed by atoms with Crippen LogP contribution in [0.15, 0.2) is 51.7 Å². The van der Waals surface area contributed by atoms with Gasteiger partial charge in [-0.2, -0.15) is 0 Å². The molecule has 2 fully saturated rings. The molecular weight excluding hydrogens is 548 g/mol. The molecule has 0 unspecified atom stereocenters. The number of hydrogen-bond acceptors (Lipinski definition) is 14. The molecule has 3 heterocycles. The Labute approximate surface area is 231 Å². The standard InChI is InChI=1S/C27H30O14/c1-10-20(31)22(33)24(35)26(38-10)37-9-18-21(32)23(34)25(36)27(41-18)39-13-6-14(29)19-15(30)8-16(40-17(19)7-13)11-2-4-12(28)5-3-11/h2-8,10,18,20-29,31-36H,9H2,1H3/t10-,18+,20-,21+,22+,23-,24+,25+,26+,27+/m0/s1. The second-order valence-electron chi connectivity index (χ2n) is 9.98. The van der Waals surface area contributed by atoms with Crippen molar-refractivity contribution in [2.45, 2.75) is 68.3 Å². The van der Waals surface area contributed by atoms with Gasteiger partial charge in [0.25, 0.3) is 0 Å². The Morgan fingerprint density at radius 1 is 0.780 bits per heavy atom. The average molecular weight is 579 g/mol. The lowest BCUT2D eigenvalue weighted by Crippen LogP contribution is -2.61. The van der Waals surface area contributed by atoms with E-state index in [2.05, 4.69) is 0 Å². The molecule has 2 saturated heterocycles. The fraction of sp³-hybridized carbons (Fsp3) is 0.444. The van der Waals surface area contributed by atoms with Gasteiger partial charge in [0.05, 0.1) is 12.7 Å². The van der Waals surface area contributed by atoms with Gasteiger partial charge < -0.3 is 64.2 Å². The Hall–Kier alpha value is -3.31. The van der Waals surface area contributed by atoms with Crippen molar-refractivity contribution in [1.29, 1.82) is 0 Å². The molecule has 1 aromatic heterocycles. The second kappa shape index (κ2) is 11.5. The molecule has 0 aliphatic carbocycles. The van der Waals surface area contributed by atoms with Crippen molar-refractivity contribution in [2.75, 3.05) is 6.61 Å². The van der Waals surface area contributed by atoms with E-state index in [4.69, 9.17) is 23.4 Å². The Balaban J connectivity index is 1.35. The third-order valence-corrected chi connectivity index (χ3v) is 7.09. The van der Waals surface area contributed by atoms with Crippen LogP contribution in [0.3, 0.4) is 0 Å². The van der Waals surface area contributed by atoms with Gasteiger partial charge in [0.2, 0.25) is 6.29 Å². The number of benzene rings is 2. The van der Waals surface area contributed by atoms with E-state index in [9.17, 15) is 45.6 Å². The number of rotatable bonds is 6. The molecule has 8 N–H and O–H groups in total. The maximum absolute atomic E-state index is 12.7. The Kier molecular flexibility index (Phi) is 8.20. The SMILES string of the molecule is C[C@@H]1O[C@@H](OC[C@H]2O[C@@H](Oc3cc(O)c4c(=O)cc(-c5ccc(O)cc5)oc4c3)[C@H](O)[C@@H](O)[C@@H]2O)[C@H](O)[C@H](O)[C@H]1O. The number of ether oxygens (including phenoxy) is 4. The number of phenols is 2. The molecule has 5 rings (SSSR count). The summed E-state index contributed by atoms with van der Waals surface area (Å²) in [6.07, 6.45) is -14.9. The molecule has 3 aromatic rings. The van der Waals surface area contributed by atoms with E-state index in [-0.39, 0.29) is 28.2 Å². The van der Waals surface area contributed by atoms with Gasteiger partial charge in [-0.05, 0) is 31.2 Å². The van der Waals surface area contributed by atoms with Crippen LogP contribution in [0.5, 0.6) is 17.2 Å². The van der Waals surface area contributed by atoms with Crippen LogP contribution < -0.4 is 10.2 Å². The predicted octanol–water partition coefficient (Wildman–Crippen LogP) is -1.10. The lowest BCUT2D eigenvalue weighted by Gasteiger charge is -2.42. The van der Waals surface area contributed by atoms with Crippen molar-refractivity contribution < 1.29 is 64.2 Å². The van der Waals surface area contributed by atoms with Crippen LogP contribution in [0.1, 0.15) is 6.92 Å². The van der Waals surface area contributed by atoms with Crippen LogP contribution in [0.25, 0.3) is 22.3 Å². The number of aliphatic hydroxyl groups excluding tert-OH is 6. The highest BCUT2D eigenvalue weighted by Crippen LogP contribution is 2.34. The zero-order chi connectivity index (χ0) is 29.6. The lowest BCUT2D eigenvalue weighted by atomic mass is 9.98. The molecule has 222 valence electrons. The molecule has 0 bridgehead atoms. The highest BCUT2D eigenvalue weighted by molar-refractivity contribution is 5.86. The van der Waals surface area contributed by atoms with Gasteiger partial charge in [-0.1, -0.05) is 0 Å². The largest absolute Gasteiger partial charge is 0.508 e. The topological polar surface area (TPSA) is 229 Å². The van der Waals surface area contributed by atoms with Crippen molar-refractivity contribution in [3.8, 4) is 28.6 Å². The smallest absolute Gasteiger partial charge is 0.229 e. The minimum atomic E-state index is -1.76. The predicted molar refractivity (Wildman–Crippen MR) is 137 cm³/mol. The minimum Gasteiger partial charge on any atom is -0.508 e. The minimum absolute atomic E-state index is 0.0145. The molecule has 2 aliphatic rings. The van der Waals surface area contributed by atoms with Crippen molar-refractivity contribution >= 4 is 11.0 Å². The van der Waals surface area contributed by atoms with Gasteiger partial charge >= 0.3 is 0 Å². The monoisotopic (exact) mass is 578 g/mol. The summed E-state index contributed by atoms with van der Waals surface area (Å²) in [6, 6.07) is 9.40. The summed E-state index contributed by atoms with van der Waals surface area (Å²) in [4.78, 5) is 12.7. The molecular formula is C27H30O14. The van der Waals surface area contributed by atoms with E-state index in [1.54, 1.807) is 0 Å². The van der Waals surface area contributed by atoms with Crippen LogP contribution in [0.4, 0.5) is 0 Å². The van der Waals surface area contributed by atoms with E-state index in [1.807, 2.05) is 0 Å². The second-order valence-corrected chi connectivity index (χ2v) is 9.98. The van der Waals surface area contributed by atoms with E-state index in [1.165, 1.54) is 43.3 Å². The normalized spacial score (nSPS) is 34.0. The molecule has 0 amide bonds. The molecule has 41 heavy (non-hydrogen) atoms. The van der Waals surface area contributed by atoms with Crippen LogP contribution in [-0.2, 0) is 14.2 Å². The Bertz CT molecular complexity index is 1420. The number of aliphatic hydroxyl groups is 6. The first kappa shape index (κ1) is 29.2. The number of aromatic hydroxyl groups is 2. The molecule has 0 spiro atoms. The zero-order valence-corrected chi connectivity index (χ0v) is 21.5. The van der Waals surface area contributed by atoms with E-state index >= 15 is 0 Å². The molecule has 0 radical (unpaired) electrons. The summed E-state index contributed by atoms with van der Waals surface area (Å²) in [5, 5.41) is 81.2. The van der Waals surface area contributed by atoms with Crippen molar-refractivity contribution in [2.24, 2.45) is 0 Å². The highest BCUT2D eigenvalue weighted by Gasteiger charge is 2.47. The maximum atomic E-state index is 12.7. The molecule has 2 aromatic carbocycles. The number of fused-ring (bicyclic) bond motifs is 1. The summed E-state index contributed by atoms with van der Waals surface area (Å²) < 4.78 is 27.9. The first-order chi connectivity index (χ1) is 19.4. The summed E-state index contributed by atoms with van der Waals surface area (Å²) in [5.41, 5.74) is -0.149. The summed E-state index contributed by atoms with van der Waals surface area (Å²) in [5.74, 6) is -0.457. The van der Waals surface area contributed by atoms with Crippen LogP contribution in [0, 0.1) is 0 Å². The van der Waals surface area contributed by atoms with E-state index in [0.29, 0.717) is 5.56 Å². The van der Waals surface area contributed by atoms with Crippen molar-refractivity contribution in [3.05, 3.63) is 52.7 Å². The summed E-state index contributed by atoms with van der Waals surface area (Å²) in [6.45, 7) is 0.969. The fourth-order valence-corrected chi connectivity index (χ4v) is 4.71. The summed E-state index contributed by atoms with van der Waals surface area (Å²) >= 11 is 0. The first-order valence-corrected chi connectivity index (χ1v) is 12.7. The first-order valence-electron chi connectivity index (χ1n) is 12.7. The zero-order valence-electron chi connectivity index (χ0n) is 21.5. The molecule has 14 heteroatoms. The van der Waals surface area contributed by atoms with Crippen molar-refractivity contribution in [1.82, 2.24) is 0 Å². The molecule has 2 aliphatic heterocycles.